The quantitative estimate of drug-likeness (QED) is 0.540. The molecular weight excluding hydrogens is 354 g/mol. The van der Waals surface area contributed by atoms with Gasteiger partial charge in [0, 0.05) is 18.1 Å². The number of hydrogen-bond donors (Lipinski definition) is 1. The topological polar surface area (TPSA) is 95.9 Å². The Bertz CT molecular complexity index is 1140. The van der Waals surface area contributed by atoms with Gasteiger partial charge in [-0.2, -0.15) is 0 Å². The molecule has 7 nitrogen and oxygen atoms in total. The molecule has 4 rings (SSSR count). The molecule has 140 valence electrons. The van der Waals surface area contributed by atoms with E-state index >= 15 is 0 Å². The molecule has 0 amide bonds. The van der Waals surface area contributed by atoms with Gasteiger partial charge in [-0.1, -0.05) is 12.1 Å². The van der Waals surface area contributed by atoms with E-state index in [2.05, 4.69) is 9.97 Å². The van der Waals surface area contributed by atoms with E-state index in [1.54, 1.807) is 19.3 Å². The van der Waals surface area contributed by atoms with Crippen molar-refractivity contribution >= 4 is 23.0 Å². The molecule has 7 heteroatoms. The summed E-state index contributed by atoms with van der Waals surface area (Å²) in [5.74, 6) is 0.823. The third-order valence-corrected chi connectivity index (χ3v) is 4.34. The molecule has 0 unspecified atom stereocenters. The van der Waals surface area contributed by atoms with Gasteiger partial charge in [0.1, 0.15) is 11.3 Å². The highest BCUT2D eigenvalue weighted by molar-refractivity contribution is 5.82. The number of carbonyl (C=O) groups is 1. The first kappa shape index (κ1) is 17.7. The Morgan fingerprint density at radius 2 is 1.82 bits per heavy atom. The van der Waals surface area contributed by atoms with E-state index in [0.29, 0.717) is 18.2 Å². The van der Waals surface area contributed by atoms with Crippen LogP contribution in [0.4, 0.5) is 5.82 Å². The Labute approximate surface area is 161 Å². The van der Waals surface area contributed by atoms with Crippen LogP contribution in [0.2, 0.25) is 0 Å². The maximum absolute atomic E-state index is 11.7. The Morgan fingerprint density at radius 3 is 2.57 bits per heavy atom. The minimum atomic E-state index is -0.242. The summed E-state index contributed by atoms with van der Waals surface area (Å²) < 4.78 is 6.95. The average Bonchev–Trinajstić information content (AvgIpc) is 3.08. The first-order valence-electron chi connectivity index (χ1n) is 8.96. The number of nitrogen functional groups attached to an aromatic ring is 1. The number of nitrogens with two attached hydrogens (primary N) is 1. The monoisotopic (exact) mass is 373 g/mol. The molecule has 0 saturated carbocycles. The van der Waals surface area contributed by atoms with Crippen LogP contribution < -0.4 is 5.73 Å². The lowest BCUT2D eigenvalue weighted by atomic mass is 10.1. The molecule has 0 aliphatic heterocycles. The summed E-state index contributed by atoms with van der Waals surface area (Å²) in [5.41, 5.74) is 10.1. The molecule has 0 atom stereocenters. The first-order chi connectivity index (χ1) is 13.7. The van der Waals surface area contributed by atoms with Gasteiger partial charge in [-0.05, 0) is 48.9 Å². The van der Waals surface area contributed by atoms with E-state index in [4.69, 9.17) is 15.5 Å². The second-order valence-electron chi connectivity index (χ2n) is 6.20. The van der Waals surface area contributed by atoms with E-state index in [-0.39, 0.29) is 12.4 Å². The van der Waals surface area contributed by atoms with Crippen LogP contribution in [0.1, 0.15) is 12.5 Å². The van der Waals surface area contributed by atoms with E-state index < -0.39 is 0 Å². The van der Waals surface area contributed by atoms with Crippen molar-refractivity contribution in [2.24, 2.45) is 0 Å². The summed E-state index contributed by atoms with van der Waals surface area (Å²) in [6.45, 7) is 2.17. The number of benzene rings is 1. The molecule has 4 aromatic rings. The van der Waals surface area contributed by atoms with Crippen LogP contribution in [-0.4, -0.2) is 32.1 Å². The number of aromatic nitrogens is 4. The zero-order valence-corrected chi connectivity index (χ0v) is 15.4. The Morgan fingerprint density at radius 1 is 1.07 bits per heavy atom. The van der Waals surface area contributed by atoms with Gasteiger partial charge in [-0.3, -0.25) is 9.36 Å². The lowest BCUT2D eigenvalue weighted by Crippen LogP contribution is -2.07. The number of rotatable bonds is 5. The molecule has 0 bridgehead atoms. The summed E-state index contributed by atoms with van der Waals surface area (Å²) in [6, 6.07) is 15.1. The van der Waals surface area contributed by atoms with E-state index in [0.717, 1.165) is 28.0 Å². The van der Waals surface area contributed by atoms with Gasteiger partial charge in [0.15, 0.2) is 11.5 Å². The smallest absolute Gasteiger partial charge is 0.310 e. The van der Waals surface area contributed by atoms with Crippen molar-refractivity contribution in [2.75, 3.05) is 12.3 Å². The summed E-state index contributed by atoms with van der Waals surface area (Å²) in [5, 5.41) is 0. The highest BCUT2D eigenvalue weighted by Gasteiger charge is 2.17. The molecule has 28 heavy (non-hydrogen) atoms. The number of pyridine rings is 2. The maximum Gasteiger partial charge on any atom is 0.310 e. The Balaban J connectivity index is 1.81. The van der Waals surface area contributed by atoms with E-state index in [1.807, 2.05) is 53.1 Å². The van der Waals surface area contributed by atoms with Crippen molar-refractivity contribution in [1.29, 1.82) is 0 Å². The number of imidazole rings is 1. The summed E-state index contributed by atoms with van der Waals surface area (Å²) in [7, 11) is 0. The highest BCUT2D eigenvalue weighted by Crippen LogP contribution is 2.30. The molecule has 0 aliphatic carbocycles. The molecule has 0 spiro atoms. The van der Waals surface area contributed by atoms with Gasteiger partial charge in [-0.25, -0.2) is 15.0 Å². The normalized spacial score (nSPS) is 10.9. The minimum absolute atomic E-state index is 0.236. The Kier molecular flexibility index (Phi) is 4.72. The lowest BCUT2D eigenvalue weighted by Gasteiger charge is -2.11. The number of carbonyl (C=O) groups excluding carboxylic acids is 1. The van der Waals surface area contributed by atoms with Crippen LogP contribution in [0.5, 0.6) is 0 Å². The summed E-state index contributed by atoms with van der Waals surface area (Å²) in [6.07, 6.45) is 3.61. The highest BCUT2D eigenvalue weighted by atomic mass is 16.5. The van der Waals surface area contributed by atoms with Crippen LogP contribution in [0.15, 0.2) is 60.9 Å². The SMILES string of the molecule is CCOC(=O)Cc1ccc(-n2c(-c3cccnc3N)nc3cccnc32)cc1. The van der Waals surface area contributed by atoms with Gasteiger partial charge >= 0.3 is 5.97 Å². The zero-order chi connectivity index (χ0) is 19.5. The van der Waals surface area contributed by atoms with Crippen LogP contribution in [-0.2, 0) is 16.0 Å². The van der Waals surface area contributed by atoms with Gasteiger partial charge in [-0.15, -0.1) is 0 Å². The molecule has 0 saturated heterocycles. The molecule has 3 heterocycles. The van der Waals surface area contributed by atoms with Gasteiger partial charge in [0.2, 0.25) is 0 Å². The van der Waals surface area contributed by atoms with Crippen molar-refractivity contribution in [2.45, 2.75) is 13.3 Å². The van der Waals surface area contributed by atoms with E-state index in [9.17, 15) is 4.79 Å². The standard InChI is InChI=1S/C21H19N5O2/c1-2-28-18(27)13-14-7-9-15(10-8-14)26-20(16-5-3-11-23-19(16)22)25-17-6-4-12-24-21(17)26/h3-12H,2,13H2,1H3,(H2,22,23). The fourth-order valence-corrected chi connectivity index (χ4v) is 3.09. The largest absolute Gasteiger partial charge is 0.466 e. The second kappa shape index (κ2) is 7.48. The van der Waals surface area contributed by atoms with Gasteiger partial charge in [0.25, 0.3) is 0 Å². The number of anilines is 1. The number of fused-ring (bicyclic) bond motifs is 1. The molecule has 1 aromatic carbocycles. The molecule has 2 N–H and O–H groups in total. The van der Waals surface area contributed by atoms with Crippen LogP contribution in [0, 0.1) is 0 Å². The summed E-state index contributed by atoms with van der Waals surface area (Å²) in [4.78, 5) is 25.1. The van der Waals surface area contributed by atoms with Crippen molar-refractivity contribution in [3.8, 4) is 17.1 Å². The van der Waals surface area contributed by atoms with Crippen molar-refractivity contribution in [3.05, 3.63) is 66.5 Å². The van der Waals surface area contributed by atoms with Crippen molar-refractivity contribution in [3.63, 3.8) is 0 Å². The second-order valence-corrected chi connectivity index (χ2v) is 6.20. The predicted octanol–water partition coefficient (Wildman–Crippen LogP) is 3.17. The van der Waals surface area contributed by atoms with Crippen LogP contribution in [0.3, 0.4) is 0 Å². The number of ether oxygens (including phenoxy) is 1. The van der Waals surface area contributed by atoms with Crippen molar-refractivity contribution < 1.29 is 9.53 Å². The van der Waals surface area contributed by atoms with Crippen LogP contribution >= 0.6 is 0 Å². The minimum Gasteiger partial charge on any atom is -0.466 e. The molecule has 0 radical (unpaired) electrons. The molecule has 3 aromatic heterocycles. The fourth-order valence-electron chi connectivity index (χ4n) is 3.09. The van der Waals surface area contributed by atoms with Crippen molar-refractivity contribution in [1.82, 2.24) is 19.5 Å². The lowest BCUT2D eigenvalue weighted by molar-refractivity contribution is -0.142. The molecule has 0 fully saturated rings. The maximum atomic E-state index is 11.7. The Hall–Kier alpha value is -3.74. The van der Waals surface area contributed by atoms with Gasteiger partial charge in [0.05, 0.1) is 18.6 Å². The third kappa shape index (κ3) is 3.29. The molecular formula is C21H19N5O2. The average molecular weight is 373 g/mol. The number of nitrogens with zero attached hydrogens (tertiary/aromatic N) is 4. The number of hydrogen-bond acceptors (Lipinski definition) is 6. The van der Waals surface area contributed by atoms with Gasteiger partial charge < -0.3 is 10.5 Å². The predicted molar refractivity (Wildman–Crippen MR) is 107 cm³/mol. The first-order valence-corrected chi connectivity index (χ1v) is 8.96. The zero-order valence-electron chi connectivity index (χ0n) is 15.4. The third-order valence-electron chi connectivity index (χ3n) is 4.34. The summed E-state index contributed by atoms with van der Waals surface area (Å²) >= 11 is 0. The fraction of sp³-hybridized carbons (Fsp3) is 0.143. The molecule has 0 aliphatic rings. The number of esters is 1. The van der Waals surface area contributed by atoms with E-state index in [1.165, 1.54) is 0 Å². The van der Waals surface area contributed by atoms with Crippen LogP contribution in [0.25, 0.3) is 28.2 Å².